The molecule has 2 nitrogen and oxygen atoms in total. The molecule has 1 fully saturated rings. The van der Waals surface area contributed by atoms with E-state index in [1.165, 1.54) is 47.4 Å². The van der Waals surface area contributed by atoms with Gasteiger partial charge in [0.1, 0.15) is 0 Å². The van der Waals surface area contributed by atoms with Crippen LogP contribution in [-0.4, -0.2) is 23.9 Å². The van der Waals surface area contributed by atoms with E-state index >= 15 is 0 Å². The number of carbonyl (C=O) groups excluding carboxylic acids is 1. The number of hydrogen-bond acceptors (Lipinski definition) is 2. The third kappa shape index (κ3) is 1.90. The number of fused-ring (bicyclic) bond motifs is 1. The van der Waals surface area contributed by atoms with Gasteiger partial charge in [-0.25, -0.2) is 0 Å². The Morgan fingerprint density at radius 2 is 1.82 bits per heavy atom. The van der Waals surface area contributed by atoms with E-state index in [2.05, 4.69) is 6.92 Å². The SMILES string of the molecule is Cc1sc2c(c1C(=O)N1CCCC1)CCCC2. The molecule has 3 heteroatoms. The van der Waals surface area contributed by atoms with Gasteiger partial charge in [-0.1, -0.05) is 0 Å². The topological polar surface area (TPSA) is 20.3 Å². The number of rotatable bonds is 1. The maximum absolute atomic E-state index is 12.5. The standard InChI is InChI=1S/C14H19NOS/c1-10-13(14(16)15-8-4-5-9-15)11-6-2-3-7-12(11)17-10/h2-9H2,1H3. The Balaban J connectivity index is 1.96. The highest BCUT2D eigenvalue weighted by atomic mass is 32.1. The predicted octanol–water partition coefficient (Wildman–Crippen LogP) is 3.17. The number of amides is 1. The summed E-state index contributed by atoms with van der Waals surface area (Å²) < 4.78 is 0. The molecule has 0 spiro atoms. The van der Waals surface area contributed by atoms with Gasteiger partial charge in [-0.15, -0.1) is 11.3 Å². The van der Waals surface area contributed by atoms with Crippen molar-refractivity contribution in [3.05, 3.63) is 20.9 Å². The molecule has 2 aliphatic rings. The smallest absolute Gasteiger partial charge is 0.255 e. The molecule has 1 aliphatic carbocycles. The molecule has 0 bridgehead atoms. The van der Waals surface area contributed by atoms with Crippen LogP contribution in [0.25, 0.3) is 0 Å². The lowest BCUT2D eigenvalue weighted by molar-refractivity contribution is 0.0791. The van der Waals surface area contributed by atoms with Crippen LogP contribution < -0.4 is 0 Å². The summed E-state index contributed by atoms with van der Waals surface area (Å²) in [5.41, 5.74) is 2.45. The van der Waals surface area contributed by atoms with Crippen LogP contribution in [0.1, 0.15) is 51.4 Å². The van der Waals surface area contributed by atoms with Crippen LogP contribution in [0.5, 0.6) is 0 Å². The summed E-state index contributed by atoms with van der Waals surface area (Å²) in [7, 11) is 0. The molecule has 1 amide bonds. The van der Waals surface area contributed by atoms with Crippen LogP contribution >= 0.6 is 11.3 Å². The molecule has 3 rings (SSSR count). The van der Waals surface area contributed by atoms with Gasteiger partial charge in [0.25, 0.3) is 5.91 Å². The molecule has 2 heterocycles. The molecule has 92 valence electrons. The van der Waals surface area contributed by atoms with Gasteiger partial charge in [-0.3, -0.25) is 4.79 Å². The summed E-state index contributed by atoms with van der Waals surface area (Å²) in [4.78, 5) is 17.3. The number of hydrogen-bond donors (Lipinski definition) is 0. The molecule has 0 N–H and O–H groups in total. The maximum Gasteiger partial charge on any atom is 0.255 e. The zero-order chi connectivity index (χ0) is 11.8. The zero-order valence-electron chi connectivity index (χ0n) is 10.4. The first kappa shape index (κ1) is 11.3. The van der Waals surface area contributed by atoms with Gasteiger partial charge in [0.05, 0.1) is 5.56 Å². The molecule has 1 aliphatic heterocycles. The first-order chi connectivity index (χ1) is 8.27. The van der Waals surface area contributed by atoms with Crippen LogP contribution in [0.15, 0.2) is 0 Å². The fraction of sp³-hybridized carbons (Fsp3) is 0.643. The van der Waals surface area contributed by atoms with E-state index in [1.807, 2.05) is 16.2 Å². The van der Waals surface area contributed by atoms with Gasteiger partial charge >= 0.3 is 0 Å². The third-order valence-electron chi connectivity index (χ3n) is 3.95. The maximum atomic E-state index is 12.5. The molecule has 1 aromatic heterocycles. The van der Waals surface area contributed by atoms with Crippen molar-refractivity contribution in [1.82, 2.24) is 4.90 Å². The van der Waals surface area contributed by atoms with E-state index in [0.717, 1.165) is 25.1 Å². The third-order valence-corrected chi connectivity index (χ3v) is 5.16. The van der Waals surface area contributed by atoms with Gasteiger partial charge in [0.15, 0.2) is 0 Å². The van der Waals surface area contributed by atoms with E-state index in [4.69, 9.17) is 0 Å². The summed E-state index contributed by atoms with van der Waals surface area (Å²) in [6, 6.07) is 0. The number of carbonyl (C=O) groups is 1. The molecule has 17 heavy (non-hydrogen) atoms. The monoisotopic (exact) mass is 249 g/mol. The minimum absolute atomic E-state index is 0.305. The molecule has 0 unspecified atom stereocenters. The summed E-state index contributed by atoms with van der Waals surface area (Å²) in [5, 5.41) is 0. The van der Waals surface area contributed by atoms with E-state index in [9.17, 15) is 4.79 Å². The van der Waals surface area contributed by atoms with E-state index in [1.54, 1.807) is 0 Å². The zero-order valence-corrected chi connectivity index (χ0v) is 11.2. The predicted molar refractivity (Wildman–Crippen MR) is 70.8 cm³/mol. The summed E-state index contributed by atoms with van der Waals surface area (Å²) in [6.07, 6.45) is 7.21. The van der Waals surface area contributed by atoms with Crippen molar-refractivity contribution in [2.45, 2.75) is 45.4 Å². The Morgan fingerprint density at radius 1 is 1.12 bits per heavy atom. The first-order valence-corrected chi connectivity index (χ1v) is 7.49. The van der Waals surface area contributed by atoms with Gasteiger partial charge in [-0.05, 0) is 51.0 Å². The van der Waals surface area contributed by atoms with Crippen molar-refractivity contribution in [2.75, 3.05) is 13.1 Å². The fourth-order valence-corrected chi connectivity index (χ4v) is 4.32. The van der Waals surface area contributed by atoms with E-state index in [0.29, 0.717) is 5.91 Å². The largest absolute Gasteiger partial charge is 0.339 e. The Kier molecular flexibility index (Phi) is 2.95. The van der Waals surface area contributed by atoms with Crippen LogP contribution in [0.4, 0.5) is 0 Å². The number of aryl methyl sites for hydroxylation is 2. The van der Waals surface area contributed by atoms with Gasteiger partial charge < -0.3 is 4.90 Å². The average Bonchev–Trinajstić information content (AvgIpc) is 2.94. The first-order valence-electron chi connectivity index (χ1n) is 6.68. The molecular weight excluding hydrogens is 230 g/mol. The second kappa shape index (κ2) is 4.45. The Hall–Kier alpha value is -0.830. The molecular formula is C14H19NOS. The average molecular weight is 249 g/mol. The molecule has 1 saturated heterocycles. The molecule has 0 radical (unpaired) electrons. The van der Waals surface area contributed by atoms with Crippen molar-refractivity contribution in [3.63, 3.8) is 0 Å². The van der Waals surface area contributed by atoms with Gasteiger partial charge in [0, 0.05) is 22.8 Å². The van der Waals surface area contributed by atoms with Crippen molar-refractivity contribution in [1.29, 1.82) is 0 Å². The lowest BCUT2D eigenvalue weighted by atomic mass is 9.94. The Bertz CT molecular complexity index is 443. The molecule has 0 atom stereocenters. The highest BCUT2D eigenvalue weighted by Crippen LogP contribution is 2.35. The van der Waals surface area contributed by atoms with Crippen molar-refractivity contribution >= 4 is 17.2 Å². The van der Waals surface area contributed by atoms with Crippen LogP contribution in [0, 0.1) is 6.92 Å². The van der Waals surface area contributed by atoms with Crippen molar-refractivity contribution < 1.29 is 4.79 Å². The summed E-state index contributed by atoms with van der Waals surface area (Å²) >= 11 is 1.86. The molecule has 1 aromatic rings. The van der Waals surface area contributed by atoms with E-state index < -0.39 is 0 Å². The number of thiophene rings is 1. The van der Waals surface area contributed by atoms with Gasteiger partial charge in [0.2, 0.25) is 0 Å². The second-order valence-corrected chi connectivity index (χ2v) is 6.45. The van der Waals surface area contributed by atoms with Crippen molar-refractivity contribution in [3.8, 4) is 0 Å². The Morgan fingerprint density at radius 3 is 2.59 bits per heavy atom. The van der Waals surface area contributed by atoms with Crippen molar-refractivity contribution in [2.24, 2.45) is 0 Å². The van der Waals surface area contributed by atoms with Crippen LogP contribution in [-0.2, 0) is 12.8 Å². The highest BCUT2D eigenvalue weighted by molar-refractivity contribution is 7.12. The second-order valence-electron chi connectivity index (χ2n) is 5.14. The van der Waals surface area contributed by atoms with Crippen LogP contribution in [0.3, 0.4) is 0 Å². The summed E-state index contributed by atoms with van der Waals surface area (Å²) in [6.45, 7) is 4.04. The van der Waals surface area contributed by atoms with E-state index in [-0.39, 0.29) is 0 Å². The lowest BCUT2D eigenvalue weighted by Gasteiger charge is -2.18. The lowest BCUT2D eigenvalue weighted by Crippen LogP contribution is -2.28. The quantitative estimate of drug-likeness (QED) is 0.748. The number of nitrogens with zero attached hydrogens (tertiary/aromatic N) is 1. The molecule has 0 saturated carbocycles. The normalized spacial score (nSPS) is 19.5. The summed E-state index contributed by atoms with van der Waals surface area (Å²) in [5.74, 6) is 0.305. The fourth-order valence-electron chi connectivity index (χ4n) is 3.06. The molecule has 0 aromatic carbocycles. The minimum atomic E-state index is 0.305. The Labute approximate surface area is 107 Å². The van der Waals surface area contributed by atoms with Gasteiger partial charge in [-0.2, -0.15) is 0 Å². The minimum Gasteiger partial charge on any atom is -0.339 e. The number of likely N-dealkylation sites (tertiary alicyclic amines) is 1. The van der Waals surface area contributed by atoms with Crippen LogP contribution in [0.2, 0.25) is 0 Å². The highest BCUT2D eigenvalue weighted by Gasteiger charge is 2.27.